The maximum atomic E-state index is 5.21. The highest BCUT2D eigenvalue weighted by molar-refractivity contribution is 6.21. The summed E-state index contributed by atoms with van der Waals surface area (Å²) in [6.45, 7) is 0. The zero-order valence-corrected chi connectivity index (χ0v) is 34.1. The molecule has 4 heterocycles. The van der Waals surface area contributed by atoms with E-state index in [0.29, 0.717) is 5.82 Å². The molecule has 4 aromatic heterocycles. The molecule has 0 atom stereocenters. The Labute approximate surface area is 364 Å². The predicted molar refractivity (Wildman–Crippen MR) is 260 cm³/mol. The summed E-state index contributed by atoms with van der Waals surface area (Å²) in [5.74, 6) is 0.645. The molecule has 63 heavy (non-hydrogen) atoms. The fourth-order valence-corrected chi connectivity index (χ4v) is 9.25. The molecule has 0 spiro atoms. The standard InChI is InChI=1S/C58H37N5/c1-3-13-40(14-4-1)56-45-17-7-9-19-47(45)57(48-20-10-8-18-46(48)56)41-26-28-42(29-27-41)58-61-52(36-53(62-58)51-21-11-12-33-60-51)39-24-22-38(23-25-39)43-30-31-54-49(35-43)50-37-59-34-32-55(50)63(54)44-15-5-2-6-16-44/h1-37H. The molecule has 0 aliphatic carbocycles. The number of hydrogen-bond acceptors (Lipinski definition) is 4. The van der Waals surface area contributed by atoms with Gasteiger partial charge in [0.05, 0.1) is 28.1 Å². The molecule has 0 radical (unpaired) electrons. The monoisotopic (exact) mass is 803 g/mol. The highest BCUT2D eigenvalue weighted by Gasteiger charge is 2.18. The van der Waals surface area contributed by atoms with Gasteiger partial charge in [-0.3, -0.25) is 9.97 Å². The van der Waals surface area contributed by atoms with Gasteiger partial charge >= 0.3 is 0 Å². The fraction of sp³-hybridized carbons (Fsp3) is 0. The van der Waals surface area contributed by atoms with Gasteiger partial charge in [0.2, 0.25) is 0 Å². The van der Waals surface area contributed by atoms with Gasteiger partial charge in [-0.2, -0.15) is 0 Å². The predicted octanol–water partition coefficient (Wildman–Crippen LogP) is 14.7. The first kappa shape index (κ1) is 36.3. The van der Waals surface area contributed by atoms with Crippen molar-refractivity contribution in [2.75, 3.05) is 0 Å². The van der Waals surface area contributed by atoms with E-state index in [0.717, 1.165) is 67.0 Å². The minimum atomic E-state index is 0.645. The number of para-hydroxylation sites is 1. The Morgan fingerprint density at radius 1 is 0.317 bits per heavy atom. The van der Waals surface area contributed by atoms with Crippen LogP contribution < -0.4 is 0 Å². The van der Waals surface area contributed by atoms with E-state index >= 15 is 0 Å². The first-order chi connectivity index (χ1) is 31.2. The Balaban J connectivity index is 0.931. The van der Waals surface area contributed by atoms with Gasteiger partial charge in [0.1, 0.15) is 0 Å². The summed E-state index contributed by atoms with van der Waals surface area (Å²) >= 11 is 0. The third-order valence-corrected chi connectivity index (χ3v) is 12.2. The SMILES string of the molecule is c1ccc(-c2c3ccccc3c(-c3ccc(-c4nc(-c5ccc(-c6ccc7c(c6)c6cnccc6n7-c6ccccc6)cc5)cc(-c5ccccn5)n4)cc3)c3ccccc23)cc1. The number of aromatic nitrogens is 5. The van der Waals surface area contributed by atoms with Gasteiger partial charge in [-0.15, -0.1) is 0 Å². The van der Waals surface area contributed by atoms with E-state index in [-0.39, 0.29) is 0 Å². The Morgan fingerprint density at radius 3 is 1.52 bits per heavy atom. The van der Waals surface area contributed by atoms with Gasteiger partial charge in [0.15, 0.2) is 5.82 Å². The second kappa shape index (κ2) is 15.2. The van der Waals surface area contributed by atoms with Gasteiger partial charge in [0, 0.05) is 46.2 Å². The van der Waals surface area contributed by atoms with Crippen LogP contribution in [0.4, 0.5) is 0 Å². The van der Waals surface area contributed by atoms with Crippen molar-refractivity contribution in [3.8, 4) is 73.1 Å². The fourth-order valence-electron chi connectivity index (χ4n) is 9.25. The minimum Gasteiger partial charge on any atom is -0.309 e. The molecule has 12 aromatic rings. The van der Waals surface area contributed by atoms with Crippen molar-refractivity contribution in [2.45, 2.75) is 0 Å². The lowest BCUT2D eigenvalue weighted by atomic mass is 9.86. The number of benzene rings is 8. The Kier molecular flexibility index (Phi) is 8.75. The van der Waals surface area contributed by atoms with E-state index in [9.17, 15) is 0 Å². The van der Waals surface area contributed by atoms with Crippen molar-refractivity contribution in [2.24, 2.45) is 0 Å². The van der Waals surface area contributed by atoms with Crippen molar-refractivity contribution < 1.29 is 0 Å². The zero-order valence-electron chi connectivity index (χ0n) is 34.1. The number of fused-ring (bicyclic) bond motifs is 5. The number of hydrogen-bond donors (Lipinski definition) is 0. The lowest BCUT2D eigenvalue weighted by molar-refractivity contribution is 1.16. The van der Waals surface area contributed by atoms with E-state index in [4.69, 9.17) is 9.97 Å². The largest absolute Gasteiger partial charge is 0.309 e. The lowest BCUT2D eigenvalue weighted by Gasteiger charge is -2.18. The summed E-state index contributed by atoms with van der Waals surface area (Å²) < 4.78 is 2.31. The van der Waals surface area contributed by atoms with Gasteiger partial charge in [-0.05, 0) is 103 Å². The number of rotatable bonds is 7. The van der Waals surface area contributed by atoms with E-state index in [1.54, 1.807) is 0 Å². The molecule has 8 aromatic carbocycles. The molecule has 5 heteroatoms. The maximum Gasteiger partial charge on any atom is 0.160 e. The van der Waals surface area contributed by atoms with E-state index in [1.807, 2.05) is 42.9 Å². The molecule has 0 saturated carbocycles. The number of pyridine rings is 2. The topological polar surface area (TPSA) is 56.5 Å². The molecule has 0 saturated heterocycles. The molecule has 0 unspecified atom stereocenters. The molecular formula is C58H37N5. The van der Waals surface area contributed by atoms with Crippen LogP contribution in [0.1, 0.15) is 0 Å². The van der Waals surface area contributed by atoms with Gasteiger partial charge in [0.25, 0.3) is 0 Å². The average molecular weight is 804 g/mol. The van der Waals surface area contributed by atoms with Gasteiger partial charge in [-0.1, -0.05) is 158 Å². The summed E-state index contributed by atoms with van der Waals surface area (Å²) in [5.41, 5.74) is 14.8. The van der Waals surface area contributed by atoms with Crippen LogP contribution in [0.25, 0.3) is 116 Å². The summed E-state index contributed by atoms with van der Waals surface area (Å²) in [6, 6.07) is 72.9. The Morgan fingerprint density at radius 2 is 0.857 bits per heavy atom. The van der Waals surface area contributed by atoms with Gasteiger partial charge in [-0.25, -0.2) is 9.97 Å². The van der Waals surface area contributed by atoms with Gasteiger partial charge < -0.3 is 4.57 Å². The van der Waals surface area contributed by atoms with Crippen LogP contribution >= 0.6 is 0 Å². The second-order valence-electron chi connectivity index (χ2n) is 15.8. The summed E-state index contributed by atoms with van der Waals surface area (Å²) in [6.07, 6.45) is 5.64. The second-order valence-corrected chi connectivity index (χ2v) is 15.8. The van der Waals surface area contributed by atoms with Crippen LogP contribution in [0.5, 0.6) is 0 Å². The molecule has 0 N–H and O–H groups in total. The van der Waals surface area contributed by atoms with Crippen LogP contribution in [0.2, 0.25) is 0 Å². The molecule has 0 aliphatic heterocycles. The van der Waals surface area contributed by atoms with Crippen molar-refractivity contribution in [3.63, 3.8) is 0 Å². The summed E-state index contributed by atoms with van der Waals surface area (Å²) in [7, 11) is 0. The molecule has 12 rings (SSSR count). The first-order valence-corrected chi connectivity index (χ1v) is 21.2. The summed E-state index contributed by atoms with van der Waals surface area (Å²) in [5, 5.41) is 7.20. The van der Waals surface area contributed by atoms with Crippen molar-refractivity contribution in [1.82, 2.24) is 24.5 Å². The smallest absolute Gasteiger partial charge is 0.160 e. The molecular weight excluding hydrogens is 767 g/mol. The maximum absolute atomic E-state index is 5.21. The Bertz CT molecular complexity index is 3580. The lowest BCUT2D eigenvalue weighted by Crippen LogP contribution is -1.97. The molecule has 0 amide bonds. The minimum absolute atomic E-state index is 0.645. The third-order valence-electron chi connectivity index (χ3n) is 12.2. The molecule has 0 aliphatic rings. The van der Waals surface area contributed by atoms with E-state index in [1.165, 1.54) is 43.6 Å². The first-order valence-electron chi connectivity index (χ1n) is 21.2. The van der Waals surface area contributed by atoms with Crippen molar-refractivity contribution in [3.05, 3.63) is 225 Å². The molecule has 294 valence electrons. The van der Waals surface area contributed by atoms with Crippen molar-refractivity contribution in [1.29, 1.82) is 0 Å². The molecule has 0 bridgehead atoms. The van der Waals surface area contributed by atoms with Crippen LogP contribution in [-0.2, 0) is 0 Å². The van der Waals surface area contributed by atoms with Crippen LogP contribution in [0.3, 0.4) is 0 Å². The van der Waals surface area contributed by atoms with E-state index < -0.39 is 0 Å². The Hall–Kier alpha value is -8.54. The molecule has 5 nitrogen and oxygen atoms in total. The highest BCUT2D eigenvalue weighted by atomic mass is 15.0. The highest BCUT2D eigenvalue weighted by Crippen LogP contribution is 2.44. The van der Waals surface area contributed by atoms with Crippen molar-refractivity contribution >= 4 is 43.4 Å². The van der Waals surface area contributed by atoms with Crippen LogP contribution in [0, 0.1) is 0 Å². The van der Waals surface area contributed by atoms with Crippen LogP contribution in [0.15, 0.2) is 225 Å². The number of nitrogens with zero attached hydrogens (tertiary/aromatic N) is 5. The quantitative estimate of drug-likeness (QED) is 0.151. The third kappa shape index (κ3) is 6.34. The summed E-state index contributed by atoms with van der Waals surface area (Å²) in [4.78, 5) is 19.5. The molecule has 0 fully saturated rings. The average Bonchev–Trinajstić information content (AvgIpc) is 3.70. The van der Waals surface area contributed by atoms with Crippen LogP contribution in [-0.4, -0.2) is 24.5 Å². The van der Waals surface area contributed by atoms with E-state index in [2.05, 4.69) is 197 Å². The zero-order chi connectivity index (χ0) is 41.7. The normalized spacial score (nSPS) is 11.5.